The van der Waals surface area contributed by atoms with Gasteiger partial charge < -0.3 is 0 Å². The van der Waals surface area contributed by atoms with E-state index in [2.05, 4.69) is 0 Å². The summed E-state index contributed by atoms with van der Waals surface area (Å²) in [6.45, 7) is 1.86. The Balaban J connectivity index is 3.27. The summed E-state index contributed by atoms with van der Waals surface area (Å²) in [5, 5.41) is 0. The lowest BCUT2D eigenvalue weighted by molar-refractivity contribution is -0.134. The van der Waals surface area contributed by atoms with Gasteiger partial charge in [-0.3, -0.25) is 4.79 Å². The lowest BCUT2D eigenvalue weighted by Gasteiger charge is -1.97. The molecule has 0 spiro atoms. The molecule has 9 heavy (non-hydrogen) atoms. The Hall–Kier alpha value is -0.470. The highest BCUT2D eigenvalue weighted by Crippen LogP contribution is 2.05. The van der Waals surface area contributed by atoms with Gasteiger partial charge in [-0.15, -0.1) is 0 Å². The third-order valence-corrected chi connectivity index (χ3v) is 1.06. The normalized spacial score (nSPS) is 13.2. The Kier molecular flexibility index (Phi) is 4.18. The van der Waals surface area contributed by atoms with Gasteiger partial charge >= 0.3 is 6.04 Å². The van der Waals surface area contributed by atoms with Gasteiger partial charge in [-0.2, -0.15) is 4.39 Å². The van der Waals surface area contributed by atoms with E-state index in [0.717, 1.165) is 6.42 Å². The first-order chi connectivity index (χ1) is 4.18. The minimum atomic E-state index is -1.88. The van der Waals surface area contributed by atoms with Gasteiger partial charge in [0.1, 0.15) is 0 Å². The van der Waals surface area contributed by atoms with Crippen molar-refractivity contribution in [3.05, 3.63) is 0 Å². The van der Waals surface area contributed by atoms with Crippen LogP contribution >= 0.6 is 0 Å². The Labute approximate surface area is 53.1 Å². The van der Waals surface area contributed by atoms with Crippen molar-refractivity contribution in [2.24, 2.45) is 0 Å². The molecular formula is C6H10F2O. The average molecular weight is 136 g/mol. The maximum atomic E-state index is 12.0. The summed E-state index contributed by atoms with van der Waals surface area (Å²) >= 11 is 0. The second-order valence-corrected chi connectivity index (χ2v) is 1.91. The van der Waals surface area contributed by atoms with Crippen molar-refractivity contribution in [3.8, 4) is 0 Å². The molecule has 0 N–H and O–H groups in total. The van der Waals surface area contributed by atoms with Gasteiger partial charge in [0.2, 0.25) is 0 Å². The van der Waals surface area contributed by atoms with Crippen LogP contribution in [0.4, 0.5) is 8.78 Å². The van der Waals surface area contributed by atoms with Crippen LogP contribution in [0, 0.1) is 0 Å². The fraction of sp³-hybridized carbons (Fsp3) is 0.833. The van der Waals surface area contributed by atoms with Crippen molar-refractivity contribution in [1.82, 2.24) is 0 Å². The van der Waals surface area contributed by atoms with Gasteiger partial charge in [0.15, 0.2) is 6.17 Å². The van der Waals surface area contributed by atoms with Gasteiger partial charge in [0.25, 0.3) is 0 Å². The molecule has 0 aliphatic carbocycles. The summed E-state index contributed by atoms with van der Waals surface area (Å²) in [5.41, 5.74) is 0. The first-order valence-electron chi connectivity index (χ1n) is 3.02. The van der Waals surface area contributed by atoms with E-state index in [4.69, 9.17) is 0 Å². The predicted molar refractivity (Wildman–Crippen MR) is 30.5 cm³/mol. The predicted octanol–water partition coefficient (Wildman–Crippen LogP) is 2.01. The van der Waals surface area contributed by atoms with E-state index < -0.39 is 12.2 Å². The Morgan fingerprint density at radius 2 is 2.22 bits per heavy atom. The topological polar surface area (TPSA) is 17.1 Å². The molecule has 1 nitrogen and oxygen atoms in total. The monoisotopic (exact) mass is 136 g/mol. The van der Waals surface area contributed by atoms with E-state index in [0.29, 0.717) is 6.42 Å². The summed E-state index contributed by atoms with van der Waals surface area (Å²) < 4.78 is 23.4. The number of halogens is 2. The number of alkyl halides is 1. The van der Waals surface area contributed by atoms with Crippen molar-refractivity contribution in [3.63, 3.8) is 0 Å². The zero-order valence-corrected chi connectivity index (χ0v) is 5.36. The highest BCUT2D eigenvalue weighted by Gasteiger charge is 2.14. The van der Waals surface area contributed by atoms with Gasteiger partial charge in [-0.1, -0.05) is 19.8 Å². The molecule has 1 atom stereocenters. The molecule has 0 aliphatic heterocycles. The molecule has 0 saturated heterocycles. The molecule has 0 aromatic rings. The second-order valence-electron chi connectivity index (χ2n) is 1.91. The molecule has 54 valence electrons. The lowest BCUT2D eigenvalue weighted by atomic mass is 10.2. The molecule has 0 aliphatic rings. The summed E-state index contributed by atoms with van der Waals surface area (Å²) in [6, 6.07) is -1.84. The maximum Gasteiger partial charge on any atom is 0.335 e. The Morgan fingerprint density at radius 1 is 1.67 bits per heavy atom. The third kappa shape index (κ3) is 4.06. The SMILES string of the molecule is CCCCC(F)C(=O)F. The Bertz CT molecular complexity index is 93.1. The summed E-state index contributed by atoms with van der Waals surface area (Å²) in [5.74, 6) is 0. The van der Waals surface area contributed by atoms with Gasteiger partial charge in [0, 0.05) is 0 Å². The minimum absolute atomic E-state index is 0.0197. The van der Waals surface area contributed by atoms with Crippen molar-refractivity contribution in [2.45, 2.75) is 32.4 Å². The summed E-state index contributed by atoms with van der Waals surface area (Å²) in [7, 11) is 0. The van der Waals surface area contributed by atoms with E-state index in [1.165, 1.54) is 0 Å². The van der Waals surface area contributed by atoms with Crippen molar-refractivity contribution in [1.29, 1.82) is 0 Å². The molecule has 0 rings (SSSR count). The fourth-order valence-corrected chi connectivity index (χ4v) is 0.497. The van der Waals surface area contributed by atoms with Crippen molar-refractivity contribution >= 4 is 6.04 Å². The van der Waals surface area contributed by atoms with Crippen LogP contribution in [-0.4, -0.2) is 12.2 Å². The molecule has 0 bridgehead atoms. The van der Waals surface area contributed by atoms with Crippen LogP contribution in [0.3, 0.4) is 0 Å². The number of carbonyl (C=O) groups is 1. The zero-order valence-electron chi connectivity index (χ0n) is 5.36. The van der Waals surface area contributed by atoms with Crippen molar-refractivity contribution < 1.29 is 13.6 Å². The quantitative estimate of drug-likeness (QED) is 0.540. The molecule has 0 heterocycles. The summed E-state index contributed by atoms with van der Waals surface area (Å²) in [6.07, 6.45) is -0.513. The molecular weight excluding hydrogens is 126 g/mol. The molecule has 0 amide bonds. The second kappa shape index (κ2) is 4.41. The van der Waals surface area contributed by atoms with Crippen LogP contribution in [0.5, 0.6) is 0 Å². The largest absolute Gasteiger partial charge is 0.335 e. The van der Waals surface area contributed by atoms with E-state index >= 15 is 0 Å². The van der Waals surface area contributed by atoms with Crippen LogP contribution in [0.2, 0.25) is 0 Å². The van der Waals surface area contributed by atoms with E-state index in [1.807, 2.05) is 6.92 Å². The maximum absolute atomic E-state index is 12.0. The summed E-state index contributed by atoms with van der Waals surface area (Å²) in [4.78, 5) is 9.61. The van der Waals surface area contributed by atoms with E-state index in [-0.39, 0.29) is 6.42 Å². The van der Waals surface area contributed by atoms with E-state index in [9.17, 15) is 13.6 Å². The van der Waals surface area contributed by atoms with Crippen LogP contribution in [0.25, 0.3) is 0 Å². The first-order valence-corrected chi connectivity index (χ1v) is 3.02. The third-order valence-electron chi connectivity index (χ3n) is 1.06. The molecule has 0 fully saturated rings. The number of carbonyl (C=O) groups excluding carboxylic acids is 1. The number of hydrogen-bond acceptors (Lipinski definition) is 1. The zero-order chi connectivity index (χ0) is 7.28. The van der Waals surface area contributed by atoms with Crippen molar-refractivity contribution in [2.75, 3.05) is 0 Å². The highest BCUT2D eigenvalue weighted by atomic mass is 19.2. The van der Waals surface area contributed by atoms with Crippen LogP contribution < -0.4 is 0 Å². The smallest absolute Gasteiger partial charge is 0.258 e. The van der Waals surface area contributed by atoms with Crippen LogP contribution in [-0.2, 0) is 4.79 Å². The Morgan fingerprint density at radius 3 is 2.56 bits per heavy atom. The number of hydrogen-bond donors (Lipinski definition) is 0. The van der Waals surface area contributed by atoms with Gasteiger partial charge in [0.05, 0.1) is 0 Å². The standard InChI is InChI=1S/C6H10F2O/c1-2-3-4-5(7)6(8)9/h5H,2-4H2,1H3. The molecule has 1 unspecified atom stereocenters. The number of rotatable bonds is 4. The fourth-order valence-electron chi connectivity index (χ4n) is 0.497. The minimum Gasteiger partial charge on any atom is -0.258 e. The lowest BCUT2D eigenvalue weighted by Crippen LogP contribution is -2.09. The first kappa shape index (κ1) is 8.53. The van der Waals surface area contributed by atoms with Crippen LogP contribution in [0.1, 0.15) is 26.2 Å². The molecule has 0 aromatic carbocycles. The van der Waals surface area contributed by atoms with Gasteiger partial charge in [-0.25, -0.2) is 4.39 Å². The average Bonchev–Trinajstić information content (AvgIpc) is 1.82. The molecule has 3 heteroatoms. The molecule has 0 radical (unpaired) electrons. The highest BCUT2D eigenvalue weighted by molar-refractivity contribution is 5.72. The van der Waals surface area contributed by atoms with Gasteiger partial charge in [-0.05, 0) is 6.42 Å². The number of unbranched alkanes of at least 4 members (excludes halogenated alkanes) is 1. The van der Waals surface area contributed by atoms with Crippen LogP contribution in [0.15, 0.2) is 0 Å². The van der Waals surface area contributed by atoms with E-state index in [1.54, 1.807) is 0 Å². The molecule has 0 saturated carbocycles. The molecule has 0 aromatic heterocycles.